The van der Waals surface area contributed by atoms with Gasteiger partial charge in [0.2, 0.25) is 0 Å². The third-order valence-corrected chi connectivity index (χ3v) is 5.57. The Morgan fingerprint density at radius 1 is 0.757 bits per heavy atom. The zero-order valence-electron chi connectivity index (χ0n) is 21.7. The van der Waals surface area contributed by atoms with Gasteiger partial charge in [0, 0.05) is 0 Å². The van der Waals surface area contributed by atoms with Gasteiger partial charge < -0.3 is 7.43 Å². The quantitative estimate of drug-likeness (QED) is 0.167. The Bertz CT molecular complexity index is 1160. The minimum absolute atomic E-state index is 0. The van der Waals surface area contributed by atoms with E-state index in [2.05, 4.69) is 103 Å². The van der Waals surface area contributed by atoms with Gasteiger partial charge in [0.15, 0.2) is 0 Å². The van der Waals surface area contributed by atoms with Crippen molar-refractivity contribution in [3.63, 3.8) is 0 Å². The largest absolute Gasteiger partial charge is 0.358 e. The molecule has 1 unspecified atom stereocenters. The average molecular weight is 605 g/mol. The van der Waals surface area contributed by atoms with Gasteiger partial charge in [0.25, 0.3) is 0 Å². The van der Waals surface area contributed by atoms with Crippen molar-refractivity contribution < 1.29 is 24.2 Å². The van der Waals surface area contributed by atoms with Crippen molar-refractivity contribution in [2.75, 3.05) is 0 Å². The van der Waals surface area contributed by atoms with E-state index in [0.29, 0.717) is 5.92 Å². The summed E-state index contributed by atoms with van der Waals surface area (Å²) in [5.41, 5.74) is 9.43. The summed E-state index contributed by atoms with van der Waals surface area (Å²) in [6.07, 6.45) is 6.71. The van der Waals surface area contributed by atoms with Crippen LogP contribution in [-0.2, 0) is 30.7 Å². The van der Waals surface area contributed by atoms with Gasteiger partial charge in [-0.1, -0.05) is 85.5 Å². The van der Waals surface area contributed by atoms with Crippen LogP contribution < -0.4 is 0 Å². The molecule has 0 heterocycles. The predicted octanol–water partition coefficient (Wildman–Crippen LogP) is 9.27. The molecule has 1 atom stereocenters. The summed E-state index contributed by atoms with van der Waals surface area (Å²) in [6.45, 7) is 4.29. The average Bonchev–Trinajstić information content (AvgIpc) is 3.46. The van der Waals surface area contributed by atoms with Gasteiger partial charge in [-0.05, 0) is 6.42 Å². The van der Waals surface area contributed by atoms with Crippen molar-refractivity contribution >= 4 is 34.6 Å². The maximum Gasteiger partial charge on any atom is -0.0253 e. The molecule has 192 valence electrons. The summed E-state index contributed by atoms with van der Waals surface area (Å²) < 4.78 is 3.34. The molecule has 37 heavy (non-hydrogen) atoms. The number of hydrogen-bond donors (Lipinski definition) is 0. The maximum atomic E-state index is 3.39. The Hall–Kier alpha value is -2.31. The van der Waals surface area contributed by atoms with E-state index in [0.717, 1.165) is 6.42 Å². The number of hydrogen-bond acceptors (Lipinski definition) is 0. The van der Waals surface area contributed by atoms with Crippen LogP contribution in [0.25, 0.3) is 16.7 Å². The van der Waals surface area contributed by atoms with Crippen LogP contribution in [0.3, 0.4) is 0 Å². The Labute approximate surface area is 251 Å². The molecular weight excluding hydrogens is 571 g/mol. The molecule has 3 heteroatoms. The fraction of sp³-hybridized carbons (Fsp3) is 0.118. The smallest absolute Gasteiger partial charge is 0.0253 e. The molecule has 0 bridgehead atoms. The molecule has 0 spiro atoms. The first kappa shape index (κ1) is 34.7. The first-order chi connectivity index (χ1) is 16.7. The molecule has 4 aromatic rings. The molecule has 0 radical (unpaired) electrons. The third-order valence-electron chi connectivity index (χ3n) is 5.57. The van der Waals surface area contributed by atoms with E-state index in [9.17, 15) is 0 Å². The molecule has 0 aliphatic heterocycles. The van der Waals surface area contributed by atoms with E-state index in [1.54, 1.807) is 0 Å². The van der Waals surface area contributed by atoms with E-state index in [1.807, 2.05) is 42.5 Å². The van der Waals surface area contributed by atoms with Crippen LogP contribution in [0.5, 0.6) is 0 Å². The second-order valence-corrected chi connectivity index (χ2v) is 7.98. The summed E-state index contributed by atoms with van der Waals surface area (Å²) in [7, 11) is 0. The molecule has 0 saturated carbocycles. The number of fused-ring (bicyclic) bond motifs is 3. The van der Waals surface area contributed by atoms with E-state index < -0.39 is 0 Å². The predicted molar refractivity (Wildman–Crippen MR) is 163 cm³/mol. The third kappa shape index (κ3) is 10.2. The van der Waals surface area contributed by atoms with Crippen molar-refractivity contribution in [2.24, 2.45) is 5.92 Å². The Morgan fingerprint density at radius 2 is 1.35 bits per heavy atom. The summed E-state index contributed by atoms with van der Waals surface area (Å²) in [5, 5.41) is 0. The Kier molecular flexibility index (Phi) is 17.7. The van der Waals surface area contributed by atoms with E-state index in [4.69, 9.17) is 0 Å². The molecule has 0 saturated heterocycles. The van der Waals surface area contributed by atoms with Gasteiger partial charge in [0.1, 0.15) is 0 Å². The summed E-state index contributed by atoms with van der Waals surface area (Å²) in [4.78, 5) is 0. The summed E-state index contributed by atoms with van der Waals surface area (Å²) in [6, 6.07) is 41.1. The van der Waals surface area contributed by atoms with Gasteiger partial charge in [-0.2, -0.15) is 77.9 Å². The molecule has 0 amide bonds. The first-order valence-electron chi connectivity index (χ1n) is 11.4. The molecule has 2 aliphatic carbocycles. The minimum Gasteiger partial charge on any atom is -0.358 e. The van der Waals surface area contributed by atoms with Crippen molar-refractivity contribution in [1.29, 1.82) is 0 Å². The zero-order valence-corrected chi connectivity index (χ0v) is 25.8. The number of rotatable bonds is 1. The van der Waals surface area contributed by atoms with Gasteiger partial charge in [-0.15, -0.1) is 35.9 Å². The van der Waals surface area contributed by atoms with Crippen LogP contribution >= 0.6 is 24.8 Å². The van der Waals surface area contributed by atoms with Crippen LogP contribution in [0.4, 0.5) is 0 Å². The van der Waals surface area contributed by atoms with Gasteiger partial charge in [-0.3, -0.25) is 6.08 Å². The molecule has 4 aromatic carbocycles. The van der Waals surface area contributed by atoms with Crippen LogP contribution in [0.2, 0.25) is 0 Å². The van der Waals surface area contributed by atoms with Crippen molar-refractivity contribution in [1.82, 2.24) is 0 Å². The zero-order chi connectivity index (χ0) is 24.2. The van der Waals surface area contributed by atoms with Crippen LogP contribution in [0, 0.1) is 31.6 Å². The molecule has 0 fully saturated rings. The van der Waals surface area contributed by atoms with Crippen molar-refractivity contribution in [3.8, 4) is 11.1 Å². The fourth-order valence-corrected chi connectivity index (χ4v) is 4.11. The first-order valence-corrected chi connectivity index (χ1v) is 13.2. The fourth-order valence-electron chi connectivity index (χ4n) is 4.11. The topological polar surface area (TPSA) is 0 Å². The second-order valence-electron chi connectivity index (χ2n) is 7.98. The van der Waals surface area contributed by atoms with Gasteiger partial charge >= 0.3 is 28.4 Å². The molecule has 0 N–H and O–H groups in total. The molecule has 0 nitrogen and oxygen atoms in total. The molecular formula is C34H34Cl2Zr-4. The van der Waals surface area contributed by atoms with Crippen molar-refractivity contribution in [3.05, 3.63) is 157 Å². The monoisotopic (exact) mass is 602 g/mol. The summed E-state index contributed by atoms with van der Waals surface area (Å²) in [5.74, 6) is 0.468. The SMILES string of the molecule is CC1=[C-]C(C)C=C1c1ccccc1.Cl.Cl.[CH2]=[Zr].[CH3-].[c-]1cccc2c1Cc1ccccc1-2.[c-]1ccccc1. The Balaban J connectivity index is 0.000000515. The van der Waals surface area contributed by atoms with Crippen LogP contribution in [0.1, 0.15) is 30.5 Å². The number of allylic oxidation sites excluding steroid dienone is 4. The number of benzene rings is 4. The van der Waals surface area contributed by atoms with E-state index in [1.165, 1.54) is 63.2 Å². The minimum atomic E-state index is 0. The number of halogens is 2. The molecule has 2 aliphatic rings. The normalized spacial score (nSPS) is 13.2. The van der Waals surface area contributed by atoms with Gasteiger partial charge in [0.05, 0.1) is 0 Å². The van der Waals surface area contributed by atoms with Crippen LogP contribution in [-0.4, -0.2) is 4.21 Å². The molecule has 0 aromatic heterocycles. The maximum absolute atomic E-state index is 3.39. The standard InChI is InChI=1S/C13H9.C13H13.C6H5.CH3.CH2.2ClH.Zr/c1-3-7-12-10(5-1)9-11-6-2-4-8-13(11)12;1-10-8-11(2)13(9-10)12-6-4-3-5-7-12;1-2-4-6-5-3-1;;;;;/h1-5,7-8H,9H2;3-7,9-10H,1-2H3;1-5H;1H3;1H2;2*1H;/q4*-1;;;;. The van der Waals surface area contributed by atoms with E-state index >= 15 is 0 Å². The van der Waals surface area contributed by atoms with E-state index in [-0.39, 0.29) is 32.2 Å². The van der Waals surface area contributed by atoms with Crippen molar-refractivity contribution in [2.45, 2.75) is 20.3 Å². The van der Waals surface area contributed by atoms with Gasteiger partial charge in [-0.25, -0.2) is 5.57 Å². The Morgan fingerprint density at radius 3 is 1.92 bits per heavy atom. The summed E-state index contributed by atoms with van der Waals surface area (Å²) >= 11 is 1.30. The second kappa shape index (κ2) is 18.9. The molecule has 6 rings (SSSR count). The van der Waals surface area contributed by atoms with Crippen LogP contribution in [0.15, 0.2) is 115 Å².